The van der Waals surface area contributed by atoms with Crippen molar-refractivity contribution in [1.29, 1.82) is 0 Å². The molecule has 5 rings (SSSR count). The van der Waals surface area contributed by atoms with Crippen LogP contribution in [-0.2, 0) is 14.2 Å². The highest BCUT2D eigenvalue weighted by atomic mass is 35.5. The van der Waals surface area contributed by atoms with E-state index in [9.17, 15) is 9.59 Å². The van der Waals surface area contributed by atoms with E-state index in [4.69, 9.17) is 25.8 Å². The topological polar surface area (TPSA) is 77.6 Å². The number of H-pyrrole nitrogens is 1. The number of carbonyl (C=O) groups excluding carboxylic acids is 2. The van der Waals surface area contributed by atoms with E-state index < -0.39 is 24.1 Å². The molecule has 1 N–H and O–H groups in total. The van der Waals surface area contributed by atoms with Crippen molar-refractivity contribution in [3.63, 3.8) is 0 Å². The highest BCUT2D eigenvalue weighted by Gasteiger charge is 2.40. The van der Waals surface area contributed by atoms with Gasteiger partial charge in [0.25, 0.3) is 0 Å². The van der Waals surface area contributed by atoms with Gasteiger partial charge in [-0.05, 0) is 61.7 Å². The van der Waals surface area contributed by atoms with Crippen LogP contribution in [0.2, 0.25) is 5.02 Å². The first-order valence-electron chi connectivity index (χ1n) is 11.8. The lowest BCUT2D eigenvalue weighted by Gasteiger charge is -2.19. The van der Waals surface area contributed by atoms with Crippen molar-refractivity contribution in [3.05, 3.63) is 106 Å². The van der Waals surface area contributed by atoms with Crippen LogP contribution < -0.4 is 0 Å². The molecule has 0 aliphatic carbocycles. The van der Waals surface area contributed by atoms with Gasteiger partial charge in [-0.15, -0.1) is 0 Å². The van der Waals surface area contributed by atoms with E-state index in [2.05, 4.69) is 4.98 Å². The lowest BCUT2D eigenvalue weighted by atomic mass is 10.1. The zero-order valence-electron chi connectivity index (χ0n) is 20.0. The van der Waals surface area contributed by atoms with Crippen LogP contribution in [0.15, 0.2) is 72.8 Å². The number of hydrogen-bond donors (Lipinski definition) is 1. The first-order chi connectivity index (χ1) is 17.4. The number of rotatable bonds is 6. The number of nitrogens with one attached hydrogen (secondary N) is 1. The monoisotopic (exact) mass is 503 g/mol. The third-order valence-corrected chi connectivity index (χ3v) is 6.60. The van der Waals surface area contributed by atoms with Crippen molar-refractivity contribution in [3.8, 4) is 0 Å². The van der Waals surface area contributed by atoms with E-state index in [1.165, 1.54) is 0 Å². The van der Waals surface area contributed by atoms with Gasteiger partial charge in [-0.1, -0.05) is 53.1 Å². The van der Waals surface area contributed by atoms with E-state index in [0.717, 1.165) is 27.7 Å². The molecule has 7 heteroatoms. The number of aromatic amines is 1. The maximum atomic E-state index is 12.9. The molecule has 0 saturated carbocycles. The molecule has 1 aromatic heterocycles. The zero-order valence-corrected chi connectivity index (χ0v) is 20.7. The van der Waals surface area contributed by atoms with Crippen molar-refractivity contribution in [2.45, 2.75) is 38.6 Å². The predicted molar refractivity (Wildman–Crippen MR) is 137 cm³/mol. The van der Waals surface area contributed by atoms with Gasteiger partial charge in [0, 0.05) is 22.7 Å². The van der Waals surface area contributed by atoms with Gasteiger partial charge in [0.1, 0.15) is 24.9 Å². The maximum Gasteiger partial charge on any atom is 0.338 e. The number of esters is 2. The summed E-state index contributed by atoms with van der Waals surface area (Å²) >= 11 is 6.13. The Balaban J connectivity index is 1.34. The number of ether oxygens (including phenoxy) is 3. The van der Waals surface area contributed by atoms with Gasteiger partial charge in [-0.3, -0.25) is 0 Å². The van der Waals surface area contributed by atoms with Gasteiger partial charge in [0.2, 0.25) is 0 Å². The fourth-order valence-corrected chi connectivity index (χ4v) is 4.48. The van der Waals surface area contributed by atoms with Crippen molar-refractivity contribution >= 4 is 34.4 Å². The van der Waals surface area contributed by atoms with Gasteiger partial charge in [0.05, 0.1) is 11.1 Å². The molecule has 36 heavy (non-hydrogen) atoms. The van der Waals surface area contributed by atoms with Crippen molar-refractivity contribution in [1.82, 2.24) is 4.98 Å². The average molecular weight is 504 g/mol. The van der Waals surface area contributed by atoms with Gasteiger partial charge in [0.15, 0.2) is 0 Å². The number of aromatic nitrogens is 1. The normalized spacial score (nSPS) is 19.4. The lowest BCUT2D eigenvalue weighted by molar-refractivity contribution is -0.0432. The van der Waals surface area contributed by atoms with Gasteiger partial charge in [-0.25, -0.2) is 9.59 Å². The standard InChI is InChI=1S/C29H26ClNO5/c1-17-3-7-19(8-4-17)28(32)34-16-27-26(36-29(33)20-9-5-18(2)6-10-20)15-25(35-27)24-13-21-11-12-22(30)14-23(21)31-24/h3-14,25-27,31H,15-16H2,1-2H3/t25-,26-,27+/m0/s1. The van der Waals surface area contributed by atoms with Crippen LogP contribution in [-0.4, -0.2) is 35.7 Å². The highest BCUT2D eigenvalue weighted by molar-refractivity contribution is 6.31. The molecule has 1 fully saturated rings. The summed E-state index contributed by atoms with van der Waals surface area (Å²) in [5.41, 5.74) is 4.75. The third kappa shape index (κ3) is 5.30. The molecular weight excluding hydrogens is 478 g/mol. The van der Waals surface area contributed by atoms with Crippen LogP contribution in [0.1, 0.15) is 50.1 Å². The Morgan fingerprint density at radius 3 is 2.22 bits per heavy atom. The summed E-state index contributed by atoms with van der Waals surface area (Å²) in [6.07, 6.45) is -1.15. The summed E-state index contributed by atoms with van der Waals surface area (Å²) in [6, 6.07) is 22.0. The molecule has 3 aromatic carbocycles. The van der Waals surface area contributed by atoms with Crippen LogP contribution in [0.4, 0.5) is 0 Å². The van der Waals surface area contributed by atoms with E-state index in [1.54, 1.807) is 24.3 Å². The Bertz CT molecular complexity index is 1390. The summed E-state index contributed by atoms with van der Waals surface area (Å²) in [5.74, 6) is -0.895. The minimum absolute atomic E-state index is 0.0406. The summed E-state index contributed by atoms with van der Waals surface area (Å²) in [7, 11) is 0. The summed E-state index contributed by atoms with van der Waals surface area (Å²) in [6.45, 7) is 3.87. The van der Waals surface area contributed by atoms with Crippen LogP contribution >= 0.6 is 11.6 Å². The average Bonchev–Trinajstić information content (AvgIpc) is 3.47. The molecule has 0 amide bonds. The summed E-state index contributed by atoms with van der Waals surface area (Å²) in [5, 5.41) is 1.63. The van der Waals surface area contributed by atoms with Crippen LogP contribution in [0.5, 0.6) is 0 Å². The summed E-state index contributed by atoms with van der Waals surface area (Å²) in [4.78, 5) is 28.8. The quantitative estimate of drug-likeness (QED) is 0.310. The Kier molecular flexibility index (Phi) is 6.81. The molecule has 0 spiro atoms. The second-order valence-corrected chi connectivity index (χ2v) is 9.57. The minimum atomic E-state index is -0.617. The molecule has 1 aliphatic heterocycles. The fourth-order valence-electron chi connectivity index (χ4n) is 4.31. The van der Waals surface area contributed by atoms with Gasteiger partial charge in [-0.2, -0.15) is 0 Å². The molecular formula is C29H26ClNO5. The van der Waals surface area contributed by atoms with Gasteiger partial charge >= 0.3 is 11.9 Å². The van der Waals surface area contributed by atoms with E-state index in [0.29, 0.717) is 22.6 Å². The SMILES string of the molecule is Cc1ccc(C(=O)OC[C@H]2O[C@H](c3cc4ccc(Cl)cc4[nH]3)C[C@@H]2OC(=O)c2ccc(C)cc2)cc1. The fraction of sp³-hybridized carbons (Fsp3) is 0.241. The number of carbonyl (C=O) groups is 2. The lowest BCUT2D eigenvalue weighted by Crippen LogP contribution is -2.32. The van der Waals surface area contributed by atoms with E-state index >= 15 is 0 Å². The minimum Gasteiger partial charge on any atom is -0.459 e. The second-order valence-electron chi connectivity index (χ2n) is 9.13. The second kappa shape index (κ2) is 10.2. The zero-order chi connectivity index (χ0) is 25.2. The molecule has 1 saturated heterocycles. The molecule has 6 nitrogen and oxygen atoms in total. The molecule has 0 radical (unpaired) electrons. The Morgan fingerprint density at radius 1 is 0.917 bits per heavy atom. The Labute approximate surface area is 214 Å². The number of fused-ring (bicyclic) bond motifs is 1. The number of hydrogen-bond acceptors (Lipinski definition) is 5. The Morgan fingerprint density at radius 2 is 1.56 bits per heavy atom. The van der Waals surface area contributed by atoms with Crippen LogP contribution in [0.25, 0.3) is 10.9 Å². The molecule has 0 unspecified atom stereocenters. The first-order valence-corrected chi connectivity index (χ1v) is 12.2. The van der Waals surface area contributed by atoms with E-state index in [-0.39, 0.29) is 12.7 Å². The molecule has 4 aromatic rings. The Hall–Kier alpha value is -3.61. The largest absolute Gasteiger partial charge is 0.459 e. The van der Waals surface area contributed by atoms with Crippen molar-refractivity contribution in [2.24, 2.45) is 0 Å². The molecule has 184 valence electrons. The number of benzene rings is 3. The molecule has 0 bridgehead atoms. The van der Waals surface area contributed by atoms with Crippen LogP contribution in [0, 0.1) is 13.8 Å². The number of aryl methyl sites for hydroxylation is 2. The highest BCUT2D eigenvalue weighted by Crippen LogP contribution is 2.36. The van der Waals surface area contributed by atoms with E-state index in [1.807, 2.05) is 62.4 Å². The van der Waals surface area contributed by atoms with Gasteiger partial charge < -0.3 is 19.2 Å². The smallest absolute Gasteiger partial charge is 0.338 e. The molecule has 1 aliphatic rings. The van der Waals surface area contributed by atoms with Crippen molar-refractivity contribution < 1.29 is 23.8 Å². The predicted octanol–water partition coefficient (Wildman–Crippen LogP) is 6.35. The maximum absolute atomic E-state index is 12.9. The third-order valence-electron chi connectivity index (χ3n) is 6.36. The van der Waals surface area contributed by atoms with Crippen LogP contribution in [0.3, 0.4) is 0 Å². The molecule has 3 atom stereocenters. The molecule has 2 heterocycles. The first kappa shape index (κ1) is 24.1. The summed E-state index contributed by atoms with van der Waals surface area (Å²) < 4.78 is 17.7. The number of halogens is 1. The van der Waals surface area contributed by atoms with Crippen molar-refractivity contribution in [2.75, 3.05) is 6.61 Å².